The molecular formula is C10H16N4. The fraction of sp³-hybridized carbons (Fsp3) is 0.700. The third-order valence-corrected chi connectivity index (χ3v) is 2.85. The summed E-state index contributed by atoms with van der Waals surface area (Å²) in [5.41, 5.74) is 1.86. The van der Waals surface area contributed by atoms with E-state index in [1.807, 2.05) is 13.8 Å². The van der Waals surface area contributed by atoms with Crippen LogP contribution in [0.15, 0.2) is 0 Å². The lowest BCUT2D eigenvalue weighted by Crippen LogP contribution is -2.10. The minimum Gasteiger partial charge on any atom is -0.350 e. The molecule has 1 aliphatic rings. The van der Waals surface area contributed by atoms with Gasteiger partial charge in [0.2, 0.25) is 5.95 Å². The third kappa shape index (κ3) is 1.84. The van der Waals surface area contributed by atoms with Crippen molar-refractivity contribution in [2.45, 2.75) is 39.7 Å². The van der Waals surface area contributed by atoms with Gasteiger partial charge >= 0.3 is 0 Å². The van der Waals surface area contributed by atoms with E-state index in [4.69, 9.17) is 0 Å². The van der Waals surface area contributed by atoms with Crippen LogP contribution in [0.5, 0.6) is 0 Å². The molecule has 0 spiro atoms. The van der Waals surface area contributed by atoms with Crippen LogP contribution in [0, 0.1) is 19.8 Å². The van der Waals surface area contributed by atoms with E-state index >= 15 is 0 Å². The highest BCUT2D eigenvalue weighted by Gasteiger charge is 2.35. The van der Waals surface area contributed by atoms with Crippen LogP contribution in [0.1, 0.15) is 31.2 Å². The molecule has 1 heterocycles. The maximum Gasteiger partial charge on any atom is 0.243 e. The van der Waals surface area contributed by atoms with Crippen LogP contribution in [0.25, 0.3) is 0 Å². The molecule has 4 nitrogen and oxygen atoms in total. The average molecular weight is 192 g/mol. The lowest BCUT2D eigenvalue weighted by atomic mass is 10.3. The maximum absolute atomic E-state index is 4.34. The molecule has 1 saturated carbocycles. The van der Waals surface area contributed by atoms with E-state index in [-0.39, 0.29) is 0 Å². The number of nitrogens with one attached hydrogen (secondary N) is 1. The quantitative estimate of drug-likeness (QED) is 0.792. The number of hydrogen-bond acceptors (Lipinski definition) is 4. The lowest BCUT2D eigenvalue weighted by Gasteiger charge is -2.04. The zero-order valence-electron chi connectivity index (χ0n) is 8.91. The Hall–Kier alpha value is -1.19. The van der Waals surface area contributed by atoms with Crippen molar-refractivity contribution >= 4 is 5.95 Å². The molecule has 1 aliphatic carbocycles. The maximum atomic E-state index is 4.34. The summed E-state index contributed by atoms with van der Waals surface area (Å²) in [4.78, 5) is 4.34. The van der Waals surface area contributed by atoms with Crippen LogP contribution >= 0.6 is 0 Å². The van der Waals surface area contributed by atoms with Crippen molar-refractivity contribution < 1.29 is 0 Å². The van der Waals surface area contributed by atoms with Crippen molar-refractivity contribution in [3.63, 3.8) is 0 Å². The lowest BCUT2D eigenvalue weighted by molar-refractivity contribution is 0.766. The second-order valence-electron chi connectivity index (χ2n) is 3.96. The first kappa shape index (κ1) is 9.37. The van der Waals surface area contributed by atoms with Crippen LogP contribution in [-0.2, 0) is 0 Å². The summed E-state index contributed by atoms with van der Waals surface area (Å²) in [6, 6.07) is 0.573. The zero-order chi connectivity index (χ0) is 10.1. The molecule has 1 N–H and O–H groups in total. The van der Waals surface area contributed by atoms with Crippen molar-refractivity contribution in [3.05, 3.63) is 11.4 Å². The summed E-state index contributed by atoms with van der Waals surface area (Å²) in [6.45, 7) is 6.09. The largest absolute Gasteiger partial charge is 0.350 e. The van der Waals surface area contributed by atoms with Crippen molar-refractivity contribution in [3.8, 4) is 0 Å². The summed E-state index contributed by atoms with van der Waals surface area (Å²) in [5.74, 6) is 1.48. The Kier molecular flexibility index (Phi) is 2.35. The standard InChI is InChI=1S/C10H16N4/c1-4-8-5-9(8)12-10-11-6(2)7(3)13-14-10/h8-9H,4-5H2,1-3H3,(H,11,12,14). The highest BCUT2D eigenvalue weighted by atomic mass is 15.3. The number of nitrogens with zero attached hydrogens (tertiary/aromatic N) is 3. The van der Waals surface area contributed by atoms with Gasteiger partial charge in [0.15, 0.2) is 0 Å². The minimum atomic E-state index is 0.573. The molecule has 76 valence electrons. The fourth-order valence-electron chi connectivity index (χ4n) is 1.56. The number of hydrogen-bond donors (Lipinski definition) is 1. The van der Waals surface area contributed by atoms with Gasteiger partial charge in [-0.05, 0) is 26.2 Å². The highest BCUT2D eigenvalue weighted by Crippen LogP contribution is 2.35. The molecule has 0 radical (unpaired) electrons. The van der Waals surface area contributed by atoms with Crippen LogP contribution < -0.4 is 5.32 Å². The van der Waals surface area contributed by atoms with Gasteiger partial charge in [0, 0.05) is 6.04 Å². The Morgan fingerprint density at radius 1 is 1.29 bits per heavy atom. The molecule has 4 heteroatoms. The third-order valence-electron chi connectivity index (χ3n) is 2.85. The van der Waals surface area contributed by atoms with Crippen LogP contribution in [0.4, 0.5) is 5.95 Å². The normalized spacial score (nSPS) is 24.8. The van der Waals surface area contributed by atoms with Gasteiger partial charge in [0.25, 0.3) is 0 Å². The SMILES string of the molecule is CCC1CC1Nc1nnc(C)c(C)n1. The van der Waals surface area contributed by atoms with E-state index in [2.05, 4.69) is 27.4 Å². The molecule has 0 saturated heterocycles. The number of aromatic nitrogens is 3. The summed E-state index contributed by atoms with van der Waals surface area (Å²) in [6.07, 6.45) is 2.47. The summed E-state index contributed by atoms with van der Waals surface area (Å²) in [7, 11) is 0. The van der Waals surface area contributed by atoms with Crippen molar-refractivity contribution in [1.82, 2.24) is 15.2 Å². The van der Waals surface area contributed by atoms with E-state index in [0.29, 0.717) is 12.0 Å². The Labute approximate surface area is 84.2 Å². The Bertz CT molecular complexity index is 337. The molecule has 0 aliphatic heterocycles. The van der Waals surface area contributed by atoms with E-state index in [1.165, 1.54) is 12.8 Å². The van der Waals surface area contributed by atoms with Gasteiger partial charge in [0.05, 0.1) is 11.4 Å². The van der Waals surface area contributed by atoms with Crippen LogP contribution in [0.3, 0.4) is 0 Å². The first-order chi connectivity index (χ1) is 6.70. The van der Waals surface area contributed by atoms with E-state index in [1.54, 1.807) is 0 Å². The first-order valence-corrected chi connectivity index (χ1v) is 5.15. The van der Waals surface area contributed by atoms with Crippen molar-refractivity contribution in [1.29, 1.82) is 0 Å². The second-order valence-corrected chi connectivity index (χ2v) is 3.96. The monoisotopic (exact) mass is 192 g/mol. The van der Waals surface area contributed by atoms with Gasteiger partial charge in [-0.25, -0.2) is 4.98 Å². The smallest absolute Gasteiger partial charge is 0.243 e. The van der Waals surface area contributed by atoms with Gasteiger partial charge < -0.3 is 5.32 Å². The number of aryl methyl sites for hydroxylation is 2. The average Bonchev–Trinajstić information content (AvgIpc) is 2.90. The summed E-state index contributed by atoms with van der Waals surface area (Å²) < 4.78 is 0. The molecule has 2 rings (SSSR count). The van der Waals surface area contributed by atoms with Crippen molar-refractivity contribution in [2.24, 2.45) is 5.92 Å². The molecule has 2 unspecified atom stereocenters. The second kappa shape index (κ2) is 3.52. The number of rotatable bonds is 3. The van der Waals surface area contributed by atoms with Gasteiger partial charge in [-0.2, -0.15) is 5.10 Å². The number of anilines is 1. The molecule has 1 aromatic rings. The molecule has 0 aromatic carbocycles. The minimum absolute atomic E-state index is 0.573. The molecule has 14 heavy (non-hydrogen) atoms. The van der Waals surface area contributed by atoms with Crippen LogP contribution in [-0.4, -0.2) is 21.2 Å². The molecule has 1 fully saturated rings. The van der Waals surface area contributed by atoms with Gasteiger partial charge in [-0.3, -0.25) is 0 Å². The highest BCUT2D eigenvalue weighted by molar-refractivity contribution is 5.29. The van der Waals surface area contributed by atoms with Crippen LogP contribution in [0.2, 0.25) is 0 Å². The Balaban J connectivity index is 2.00. The molecule has 1 aromatic heterocycles. The van der Waals surface area contributed by atoms with E-state index in [9.17, 15) is 0 Å². The fourth-order valence-corrected chi connectivity index (χ4v) is 1.56. The van der Waals surface area contributed by atoms with E-state index in [0.717, 1.165) is 17.3 Å². The van der Waals surface area contributed by atoms with Gasteiger partial charge in [0.1, 0.15) is 0 Å². The molecule has 0 amide bonds. The van der Waals surface area contributed by atoms with E-state index < -0.39 is 0 Å². The topological polar surface area (TPSA) is 50.7 Å². The first-order valence-electron chi connectivity index (χ1n) is 5.15. The van der Waals surface area contributed by atoms with Gasteiger partial charge in [-0.15, -0.1) is 5.10 Å². The summed E-state index contributed by atoms with van der Waals surface area (Å²) >= 11 is 0. The molecule has 0 bridgehead atoms. The summed E-state index contributed by atoms with van der Waals surface area (Å²) in [5, 5.41) is 11.4. The zero-order valence-corrected chi connectivity index (χ0v) is 8.91. The Morgan fingerprint density at radius 3 is 2.64 bits per heavy atom. The molecular weight excluding hydrogens is 176 g/mol. The predicted octanol–water partition coefficient (Wildman–Crippen LogP) is 1.70. The predicted molar refractivity (Wildman–Crippen MR) is 55.1 cm³/mol. The Morgan fingerprint density at radius 2 is 2.07 bits per heavy atom. The van der Waals surface area contributed by atoms with Crippen molar-refractivity contribution in [2.75, 3.05) is 5.32 Å². The molecule has 2 atom stereocenters. The van der Waals surface area contributed by atoms with Gasteiger partial charge in [-0.1, -0.05) is 13.3 Å².